The number of rotatable bonds is 6. The Bertz CT molecular complexity index is 505. The van der Waals surface area contributed by atoms with Crippen molar-refractivity contribution in [2.75, 3.05) is 0 Å². The maximum atomic E-state index is 10.7. The van der Waals surface area contributed by atoms with Crippen molar-refractivity contribution >= 4 is 32.2 Å². The summed E-state index contributed by atoms with van der Waals surface area (Å²) in [6.45, 7) is 10.4. The molecule has 0 saturated heterocycles. The molecule has 0 bridgehead atoms. The van der Waals surface area contributed by atoms with Crippen LogP contribution in [0.3, 0.4) is 0 Å². The highest BCUT2D eigenvalue weighted by Crippen LogP contribution is 2.34. The van der Waals surface area contributed by atoms with E-state index < -0.39 is 20.9 Å². The van der Waals surface area contributed by atoms with E-state index in [0.29, 0.717) is 22.0 Å². The average molecular weight is 363 g/mol. The van der Waals surface area contributed by atoms with Crippen LogP contribution in [0.5, 0.6) is 0 Å². The minimum Gasteiger partial charge on any atom is -0.394 e. The SMILES string of the molecule is C[Si](C)OC(N)(c1ccc(Cl)c(Cl)c1)C(O)CCC(C)(C)C. The molecule has 0 aliphatic heterocycles. The molecule has 0 fully saturated rings. The second-order valence-corrected chi connectivity index (χ2v) is 9.88. The molecular weight excluding hydrogens is 337 g/mol. The quantitative estimate of drug-likeness (QED) is 0.575. The molecule has 0 spiro atoms. The fourth-order valence-electron chi connectivity index (χ4n) is 2.18. The first-order valence-corrected chi connectivity index (χ1v) is 10.5. The zero-order valence-corrected chi connectivity index (χ0v) is 16.4. The summed E-state index contributed by atoms with van der Waals surface area (Å²) in [4.78, 5) is 0. The smallest absolute Gasteiger partial charge is 0.208 e. The van der Waals surface area contributed by atoms with Gasteiger partial charge in [-0.05, 0) is 43.5 Å². The summed E-state index contributed by atoms with van der Waals surface area (Å²) >= 11 is 12.1. The van der Waals surface area contributed by atoms with Crippen molar-refractivity contribution in [3.8, 4) is 0 Å². The molecule has 22 heavy (non-hydrogen) atoms. The van der Waals surface area contributed by atoms with Crippen LogP contribution >= 0.6 is 23.2 Å². The Kier molecular flexibility index (Phi) is 6.93. The number of aliphatic hydroxyl groups is 1. The normalized spacial score (nSPS) is 16.6. The van der Waals surface area contributed by atoms with Crippen LogP contribution < -0.4 is 5.73 Å². The molecule has 1 rings (SSSR count). The second kappa shape index (κ2) is 7.64. The molecule has 0 saturated carbocycles. The van der Waals surface area contributed by atoms with Gasteiger partial charge in [0, 0.05) is 5.56 Å². The third-order valence-corrected chi connectivity index (χ3v) is 4.89. The molecule has 0 aliphatic carbocycles. The van der Waals surface area contributed by atoms with Gasteiger partial charge in [0.2, 0.25) is 9.04 Å². The van der Waals surface area contributed by atoms with Crippen molar-refractivity contribution in [2.45, 2.75) is 58.5 Å². The van der Waals surface area contributed by atoms with Gasteiger partial charge in [0.05, 0.1) is 16.1 Å². The molecule has 0 heterocycles. The van der Waals surface area contributed by atoms with E-state index in [0.717, 1.165) is 6.42 Å². The number of aliphatic hydroxyl groups excluding tert-OH is 1. The molecular formula is C16H26Cl2NO2Si. The van der Waals surface area contributed by atoms with E-state index in [-0.39, 0.29) is 5.41 Å². The van der Waals surface area contributed by atoms with Crippen molar-refractivity contribution in [1.29, 1.82) is 0 Å². The lowest BCUT2D eigenvalue weighted by Gasteiger charge is -2.37. The van der Waals surface area contributed by atoms with Crippen LogP contribution in [0.1, 0.15) is 39.2 Å². The maximum absolute atomic E-state index is 10.7. The molecule has 2 unspecified atom stereocenters. The van der Waals surface area contributed by atoms with E-state index in [1.54, 1.807) is 18.2 Å². The fraction of sp³-hybridized carbons (Fsp3) is 0.625. The third kappa shape index (κ3) is 5.51. The van der Waals surface area contributed by atoms with Crippen molar-refractivity contribution in [3.63, 3.8) is 0 Å². The van der Waals surface area contributed by atoms with Gasteiger partial charge in [-0.15, -0.1) is 0 Å². The fourth-order valence-corrected chi connectivity index (χ4v) is 3.41. The Balaban J connectivity index is 3.10. The Morgan fingerprint density at radius 2 is 1.82 bits per heavy atom. The Labute approximate surface area is 145 Å². The monoisotopic (exact) mass is 362 g/mol. The van der Waals surface area contributed by atoms with Crippen LogP contribution in [0.25, 0.3) is 0 Å². The van der Waals surface area contributed by atoms with Gasteiger partial charge in [-0.25, -0.2) is 0 Å². The molecule has 0 aliphatic rings. The van der Waals surface area contributed by atoms with Crippen LogP contribution in [0, 0.1) is 5.41 Å². The van der Waals surface area contributed by atoms with Crippen molar-refractivity contribution < 1.29 is 9.53 Å². The summed E-state index contributed by atoms with van der Waals surface area (Å²) in [5.74, 6) is 0. The molecule has 1 aromatic carbocycles. The van der Waals surface area contributed by atoms with E-state index in [4.69, 9.17) is 33.4 Å². The summed E-state index contributed by atoms with van der Waals surface area (Å²) in [7, 11) is -1.12. The maximum Gasteiger partial charge on any atom is 0.208 e. The molecule has 0 aromatic heterocycles. The lowest BCUT2D eigenvalue weighted by atomic mass is 9.86. The Hall–Kier alpha value is -0.103. The minimum absolute atomic E-state index is 0.117. The summed E-state index contributed by atoms with van der Waals surface area (Å²) in [5, 5.41) is 11.5. The van der Waals surface area contributed by atoms with Gasteiger partial charge in [-0.1, -0.05) is 50.0 Å². The summed E-state index contributed by atoms with van der Waals surface area (Å²) in [6, 6.07) is 5.12. The van der Waals surface area contributed by atoms with Crippen LogP contribution in [-0.4, -0.2) is 20.3 Å². The number of benzene rings is 1. The zero-order valence-electron chi connectivity index (χ0n) is 13.9. The van der Waals surface area contributed by atoms with Gasteiger partial charge < -0.3 is 9.53 Å². The highest BCUT2D eigenvalue weighted by atomic mass is 35.5. The standard InChI is InChI=1S/C16H26Cl2NO2Si/c1-15(2,3)9-8-14(20)16(19,21-22(4)5)11-6-7-12(17)13(18)10-11/h6-7,10,14,20H,8-9,19H2,1-5H3. The first kappa shape index (κ1) is 19.9. The minimum atomic E-state index is -1.27. The number of hydrogen-bond acceptors (Lipinski definition) is 3. The molecule has 2 atom stereocenters. The van der Waals surface area contributed by atoms with Crippen molar-refractivity contribution in [3.05, 3.63) is 33.8 Å². The lowest BCUT2D eigenvalue weighted by molar-refractivity contribution is -0.0652. The first-order chi connectivity index (χ1) is 9.95. The van der Waals surface area contributed by atoms with Gasteiger partial charge >= 0.3 is 0 Å². The molecule has 1 aromatic rings. The topological polar surface area (TPSA) is 55.5 Å². The molecule has 3 N–H and O–H groups in total. The number of hydrogen-bond donors (Lipinski definition) is 2. The van der Waals surface area contributed by atoms with Crippen LogP contribution in [0.2, 0.25) is 23.1 Å². The van der Waals surface area contributed by atoms with E-state index >= 15 is 0 Å². The van der Waals surface area contributed by atoms with Crippen LogP contribution in [0.4, 0.5) is 0 Å². The van der Waals surface area contributed by atoms with Gasteiger partial charge in [0.25, 0.3) is 0 Å². The number of halogens is 2. The van der Waals surface area contributed by atoms with Crippen molar-refractivity contribution in [2.24, 2.45) is 11.1 Å². The predicted octanol–water partition coefficient (Wildman–Crippen LogP) is 4.56. The van der Waals surface area contributed by atoms with Gasteiger partial charge in [0.1, 0.15) is 0 Å². The third-order valence-electron chi connectivity index (χ3n) is 3.41. The molecule has 3 nitrogen and oxygen atoms in total. The predicted molar refractivity (Wildman–Crippen MR) is 95.6 cm³/mol. The van der Waals surface area contributed by atoms with Crippen molar-refractivity contribution in [1.82, 2.24) is 0 Å². The first-order valence-electron chi connectivity index (χ1n) is 7.37. The van der Waals surface area contributed by atoms with E-state index in [1.165, 1.54) is 0 Å². The van der Waals surface area contributed by atoms with Gasteiger partial charge in [-0.2, -0.15) is 0 Å². The highest BCUT2D eigenvalue weighted by molar-refractivity contribution is 6.48. The molecule has 1 radical (unpaired) electrons. The van der Waals surface area contributed by atoms with E-state index in [2.05, 4.69) is 20.8 Å². The van der Waals surface area contributed by atoms with Gasteiger partial charge in [0.15, 0.2) is 5.72 Å². The van der Waals surface area contributed by atoms with E-state index in [9.17, 15) is 5.11 Å². The lowest BCUT2D eigenvalue weighted by Crippen LogP contribution is -2.52. The Morgan fingerprint density at radius 1 is 1.23 bits per heavy atom. The second-order valence-electron chi connectivity index (χ2n) is 7.05. The van der Waals surface area contributed by atoms with Gasteiger partial charge in [-0.3, -0.25) is 5.73 Å². The zero-order chi connectivity index (χ0) is 17.1. The van der Waals surface area contributed by atoms with E-state index in [1.807, 2.05) is 13.1 Å². The largest absolute Gasteiger partial charge is 0.394 e. The van der Waals surface area contributed by atoms with Crippen LogP contribution in [0.15, 0.2) is 18.2 Å². The molecule has 125 valence electrons. The van der Waals surface area contributed by atoms with Crippen LogP contribution in [-0.2, 0) is 10.2 Å². The highest BCUT2D eigenvalue weighted by Gasteiger charge is 2.38. The summed E-state index contributed by atoms with van der Waals surface area (Å²) in [5.41, 5.74) is 5.96. The Morgan fingerprint density at radius 3 is 2.27 bits per heavy atom. The molecule has 6 heteroatoms. The summed E-state index contributed by atoms with van der Waals surface area (Å²) < 4.78 is 5.97. The molecule has 0 amide bonds. The average Bonchev–Trinajstić information content (AvgIpc) is 2.37. The number of nitrogens with two attached hydrogens (primary N) is 1. The summed E-state index contributed by atoms with van der Waals surface area (Å²) in [6.07, 6.45) is 0.576.